The van der Waals surface area contributed by atoms with Crippen molar-refractivity contribution in [3.63, 3.8) is 0 Å². The van der Waals surface area contributed by atoms with E-state index in [1.54, 1.807) is 0 Å². The summed E-state index contributed by atoms with van der Waals surface area (Å²) in [6, 6.07) is 0. The van der Waals surface area contributed by atoms with E-state index >= 15 is 0 Å². The van der Waals surface area contributed by atoms with E-state index in [-0.39, 0.29) is 5.91 Å². The number of rotatable bonds is 4. The summed E-state index contributed by atoms with van der Waals surface area (Å²) in [7, 11) is 1.33. The smallest absolute Gasteiger partial charge is 0.341 e. The molecule has 1 aromatic heterocycles. The fourth-order valence-corrected chi connectivity index (χ4v) is 5.04. The number of nitrogens with one attached hydrogen (secondary N) is 1. The summed E-state index contributed by atoms with van der Waals surface area (Å²) in [5.41, 5.74) is 1.42. The normalized spacial score (nSPS) is 22.7. The Kier molecular flexibility index (Phi) is 4.89. The summed E-state index contributed by atoms with van der Waals surface area (Å²) in [6.07, 6.45) is 5.51. The minimum atomic E-state index is -0.920. The number of carboxylic acid groups (broad SMARTS) is 1. The first-order valence-corrected chi connectivity index (χ1v) is 9.11. The molecule has 0 bridgehead atoms. The molecule has 2 atom stereocenters. The van der Waals surface area contributed by atoms with Crippen LogP contribution in [0.1, 0.15) is 52.9 Å². The summed E-state index contributed by atoms with van der Waals surface area (Å²) in [5, 5.41) is 12.7. The number of aliphatic carboxylic acids is 1. The molecule has 6 nitrogen and oxygen atoms in total. The predicted molar refractivity (Wildman–Crippen MR) is 89.4 cm³/mol. The molecular formula is C17H21NO5S. The molecule has 0 aliphatic heterocycles. The van der Waals surface area contributed by atoms with E-state index in [1.165, 1.54) is 18.4 Å². The summed E-state index contributed by atoms with van der Waals surface area (Å²) in [5.74, 6) is -2.85. The van der Waals surface area contributed by atoms with Gasteiger partial charge in [0.25, 0.3) is 0 Å². The number of carbonyl (C=O) groups excluding carboxylic acids is 2. The molecule has 1 aromatic rings. The minimum absolute atomic E-state index is 0.299. The van der Waals surface area contributed by atoms with E-state index < -0.39 is 23.8 Å². The van der Waals surface area contributed by atoms with Crippen LogP contribution in [-0.2, 0) is 27.2 Å². The standard InChI is InChI=1S/C17H21NO5S/c1-23-17(22)13-11-7-4-8-12(11)24-15(13)18-14(19)9-5-2-3-6-10(9)16(20)21/h9-10H,2-8H2,1H3,(H,18,19)(H,20,21)/t9-,10-/m1/s1. The third-order valence-corrected chi connectivity index (χ3v) is 6.17. The zero-order valence-corrected chi connectivity index (χ0v) is 14.4. The van der Waals surface area contributed by atoms with Crippen molar-refractivity contribution in [1.82, 2.24) is 0 Å². The third-order valence-electron chi connectivity index (χ3n) is 4.97. The molecule has 0 radical (unpaired) electrons. The van der Waals surface area contributed by atoms with E-state index in [0.29, 0.717) is 23.4 Å². The lowest BCUT2D eigenvalue weighted by Gasteiger charge is -2.27. The van der Waals surface area contributed by atoms with Crippen LogP contribution < -0.4 is 5.32 Å². The van der Waals surface area contributed by atoms with Crippen LogP contribution in [-0.4, -0.2) is 30.1 Å². The first-order valence-electron chi connectivity index (χ1n) is 8.29. The fourth-order valence-electron chi connectivity index (χ4n) is 3.76. The molecule has 3 rings (SSSR count). The first-order chi connectivity index (χ1) is 11.5. The molecule has 7 heteroatoms. The maximum atomic E-state index is 12.7. The van der Waals surface area contributed by atoms with Crippen molar-refractivity contribution in [2.24, 2.45) is 11.8 Å². The van der Waals surface area contributed by atoms with E-state index in [9.17, 15) is 19.5 Å². The molecule has 130 valence electrons. The Bertz CT molecular complexity index is 681. The van der Waals surface area contributed by atoms with Crippen molar-refractivity contribution >= 4 is 34.2 Å². The maximum absolute atomic E-state index is 12.7. The predicted octanol–water partition coefficient (Wildman–Crippen LogP) is 2.85. The molecule has 0 saturated heterocycles. The van der Waals surface area contributed by atoms with Gasteiger partial charge in [-0.2, -0.15) is 0 Å². The highest BCUT2D eigenvalue weighted by atomic mass is 32.1. The Hall–Kier alpha value is -1.89. The Balaban J connectivity index is 1.84. The number of amides is 1. The zero-order valence-electron chi connectivity index (χ0n) is 13.6. The van der Waals surface area contributed by atoms with Crippen molar-refractivity contribution in [2.75, 3.05) is 12.4 Å². The molecule has 24 heavy (non-hydrogen) atoms. The lowest BCUT2D eigenvalue weighted by Crippen LogP contribution is -2.36. The first kappa shape index (κ1) is 17.0. The van der Waals surface area contributed by atoms with E-state index in [2.05, 4.69) is 5.32 Å². The van der Waals surface area contributed by atoms with E-state index in [1.807, 2.05) is 0 Å². The van der Waals surface area contributed by atoms with Gasteiger partial charge in [0, 0.05) is 4.88 Å². The van der Waals surface area contributed by atoms with Gasteiger partial charge in [-0.15, -0.1) is 11.3 Å². The van der Waals surface area contributed by atoms with Gasteiger partial charge in [-0.1, -0.05) is 12.8 Å². The summed E-state index contributed by atoms with van der Waals surface area (Å²) >= 11 is 1.41. The van der Waals surface area contributed by atoms with E-state index in [4.69, 9.17) is 4.74 Å². The molecule has 1 fully saturated rings. The van der Waals surface area contributed by atoms with Crippen LogP contribution in [0.4, 0.5) is 5.00 Å². The number of methoxy groups -OCH3 is 1. The lowest BCUT2D eigenvalue weighted by atomic mass is 9.79. The van der Waals surface area contributed by atoms with Gasteiger partial charge in [-0.05, 0) is 37.7 Å². The maximum Gasteiger partial charge on any atom is 0.341 e. The van der Waals surface area contributed by atoms with Crippen LogP contribution in [0.3, 0.4) is 0 Å². The van der Waals surface area contributed by atoms with Crippen LogP contribution in [0.2, 0.25) is 0 Å². The highest BCUT2D eigenvalue weighted by Crippen LogP contribution is 2.40. The van der Waals surface area contributed by atoms with Crippen molar-refractivity contribution in [3.8, 4) is 0 Å². The molecule has 2 N–H and O–H groups in total. The summed E-state index contributed by atoms with van der Waals surface area (Å²) < 4.78 is 4.87. The molecule has 0 unspecified atom stereocenters. The van der Waals surface area contributed by atoms with Gasteiger partial charge in [0.15, 0.2) is 0 Å². The number of ether oxygens (including phenoxy) is 1. The number of thiophene rings is 1. The Labute approximate surface area is 144 Å². The second-order valence-electron chi connectivity index (χ2n) is 6.38. The van der Waals surface area contributed by atoms with Crippen LogP contribution in [0, 0.1) is 11.8 Å². The third kappa shape index (κ3) is 3.05. The van der Waals surface area contributed by atoms with Crippen LogP contribution in [0.15, 0.2) is 0 Å². The highest BCUT2D eigenvalue weighted by molar-refractivity contribution is 7.17. The molecule has 1 amide bonds. The average molecular weight is 351 g/mol. The molecule has 0 spiro atoms. The fraction of sp³-hybridized carbons (Fsp3) is 0.588. The van der Waals surface area contributed by atoms with Crippen molar-refractivity contribution in [3.05, 3.63) is 16.0 Å². The van der Waals surface area contributed by atoms with Crippen LogP contribution in [0.5, 0.6) is 0 Å². The van der Waals surface area contributed by atoms with Crippen molar-refractivity contribution in [2.45, 2.75) is 44.9 Å². The van der Waals surface area contributed by atoms with Gasteiger partial charge in [-0.25, -0.2) is 4.79 Å². The summed E-state index contributed by atoms with van der Waals surface area (Å²) in [4.78, 5) is 37.3. The van der Waals surface area contributed by atoms with Crippen molar-refractivity contribution in [1.29, 1.82) is 0 Å². The second-order valence-corrected chi connectivity index (χ2v) is 7.48. The topological polar surface area (TPSA) is 92.7 Å². The summed E-state index contributed by atoms with van der Waals surface area (Å²) in [6.45, 7) is 0. The molecule has 0 aromatic carbocycles. The molecular weight excluding hydrogens is 330 g/mol. The Morgan fingerprint density at radius 2 is 1.83 bits per heavy atom. The molecule has 2 aliphatic carbocycles. The average Bonchev–Trinajstić information content (AvgIpc) is 3.14. The van der Waals surface area contributed by atoms with Gasteiger partial charge >= 0.3 is 11.9 Å². The van der Waals surface area contributed by atoms with Crippen LogP contribution >= 0.6 is 11.3 Å². The molecule has 1 heterocycles. The Morgan fingerprint density at radius 1 is 1.12 bits per heavy atom. The number of aryl methyl sites for hydroxylation is 1. The van der Waals surface area contributed by atoms with Crippen LogP contribution in [0.25, 0.3) is 0 Å². The number of fused-ring (bicyclic) bond motifs is 1. The highest BCUT2D eigenvalue weighted by Gasteiger charge is 2.37. The SMILES string of the molecule is COC(=O)c1c(NC(=O)[C@@H]2CCCC[C@H]2C(=O)O)sc2c1CCC2. The number of carboxylic acids is 1. The largest absolute Gasteiger partial charge is 0.481 e. The Morgan fingerprint density at radius 3 is 2.50 bits per heavy atom. The molecule has 1 saturated carbocycles. The van der Waals surface area contributed by atoms with E-state index in [0.717, 1.165) is 42.5 Å². The van der Waals surface area contributed by atoms with Gasteiger partial charge in [-0.3, -0.25) is 9.59 Å². The number of esters is 1. The zero-order chi connectivity index (χ0) is 17.3. The number of anilines is 1. The van der Waals surface area contributed by atoms with Gasteiger partial charge in [0.05, 0.1) is 24.5 Å². The molecule has 2 aliphatic rings. The quantitative estimate of drug-likeness (QED) is 0.814. The second kappa shape index (κ2) is 6.93. The minimum Gasteiger partial charge on any atom is -0.481 e. The number of hydrogen-bond donors (Lipinski definition) is 2. The number of carbonyl (C=O) groups is 3. The van der Waals surface area contributed by atoms with Crippen molar-refractivity contribution < 1.29 is 24.2 Å². The lowest BCUT2D eigenvalue weighted by molar-refractivity contribution is -0.147. The van der Waals surface area contributed by atoms with Gasteiger partial charge in [0.2, 0.25) is 5.91 Å². The van der Waals surface area contributed by atoms with Gasteiger partial charge < -0.3 is 15.2 Å². The van der Waals surface area contributed by atoms with Gasteiger partial charge in [0.1, 0.15) is 5.00 Å². The monoisotopic (exact) mass is 351 g/mol. The number of hydrogen-bond acceptors (Lipinski definition) is 5.